The molecule has 1 aromatic carbocycles. The first-order chi connectivity index (χ1) is 13.4. The van der Waals surface area contributed by atoms with Crippen molar-refractivity contribution in [3.63, 3.8) is 0 Å². The maximum Gasteiger partial charge on any atom is 0.296 e. The number of carbonyl (C=O) groups excluding carboxylic acids is 1. The van der Waals surface area contributed by atoms with Crippen LogP contribution in [0.5, 0.6) is 5.75 Å². The summed E-state index contributed by atoms with van der Waals surface area (Å²) in [5, 5.41) is 12.8. The summed E-state index contributed by atoms with van der Waals surface area (Å²) in [6.45, 7) is 1.29. The number of nitrogens with zero attached hydrogens (tertiary/aromatic N) is 3. The number of nitrogens with one attached hydrogen (secondary N) is 1. The highest BCUT2D eigenvalue weighted by atomic mass is 19.1. The molecule has 0 spiro atoms. The summed E-state index contributed by atoms with van der Waals surface area (Å²) in [7, 11) is 3.11. The van der Waals surface area contributed by atoms with E-state index in [0.29, 0.717) is 18.1 Å². The van der Waals surface area contributed by atoms with E-state index in [1.165, 1.54) is 23.7 Å². The number of halogens is 1. The maximum absolute atomic E-state index is 13.0. The van der Waals surface area contributed by atoms with Gasteiger partial charge in [0.15, 0.2) is 5.69 Å². The highest BCUT2D eigenvalue weighted by Crippen LogP contribution is 2.30. The van der Waals surface area contributed by atoms with E-state index in [2.05, 4.69) is 10.3 Å². The summed E-state index contributed by atoms with van der Waals surface area (Å²) in [6.07, 6.45) is 1.68. The zero-order chi connectivity index (χ0) is 20.3. The van der Waals surface area contributed by atoms with E-state index in [1.807, 2.05) is 4.90 Å². The first kappa shape index (κ1) is 20.0. The van der Waals surface area contributed by atoms with Crippen LogP contribution in [0.1, 0.15) is 40.8 Å². The Labute approximate surface area is 161 Å². The lowest BCUT2D eigenvalue weighted by Crippen LogP contribution is -2.34. The quantitative estimate of drug-likeness (QED) is 0.772. The van der Waals surface area contributed by atoms with Gasteiger partial charge >= 0.3 is 0 Å². The summed E-state index contributed by atoms with van der Waals surface area (Å²) >= 11 is 0. The van der Waals surface area contributed by atoms with E-state index in [-0.39, 0.29) is 24.1 Å². The summed E-state index contributed by atoms with van der Waals surface area (Å²) in [5.41, 5.74) is -0.314. The number of benzene rings is 1. The Kier molecular flexibility index (Phi) is 6.05. The highest BCUT2D eigenvalue weighted by Gasteiger charge is 2.31. The van der Waals surface area contributed by atoms with Crippen LogP contribution >= 0.6 is 0 Å². The van der Waals surface area contributed by atoms with Crippen LogP contribution in [0, 0.1) is 5.82 Å². The zero-order valence-electron chi connectivity index (χ0n) is 15.8. The summed E-state index contributed by atoms with van der Waals surface area (Å²) < 4.78 is 19.5. The predicted octanol–water partition coefficient (Wildman–Crippen LogP) is 1.30. The third-order valence-electron chi connectivity index (χ3n) is 4.84. The number of aromatic nitrogens is 2. The molecule has 1 aromatic heterocycles. The molecule has 0 saturated carbocycles. The van der Waals surface area contributed by atoms with Crippen LogP contribution in [0.25, 0.3) is 0 Å². The first-order valence-corrected chi connectivity index (χ1v) is 8.98. The molecular weight excluding hydrogens is 367 g/mol. The van der Waals surface area contributed by atoms with Gasteiger partial charge in [-0.1, -0.05) is 12.1 Å². The number of amides is 1. The van der Waals surface area contributed by atoms with Crippen LogP contribution in [-0.4, -0.2) is 45.9 Å². The molecular formula is C19H23FN4O4. The fourth-order valence-electron chi connectivity index (χ4n) is 3.37. The van der Waals surface area contributed by atoms with Crippen molar-refractivity contribution >= 4 is 5.91 Å². The van der Waals surface area contributed by atoms with E-state index in [0.717, 1.165) is 19.4 Å². The largest absolute Gasteiger partial charge is 0.501 e. The smallest absolute Gasteiger partial charge is 0.296 e. The highest BCUT2D eigenvalue weighted by molar-refractivity contribution is 5.94. The third-order valence-corrected chi connectivity index (χ3v) is 4.84. The van der Waals surface area contributed by atoms with Gasteiger partial charge in [0.25, 0.3) is 11.5 Å². The number of carbonyl (C=O) groups is 1. The van der Waals surface area contributed by atoms with E-state index in [1.54, 1.807) is 19.2 Å². The van der Waals surface area contributed by atoms with Gasteiger partial charge in [-0.25, -0.2) is 9.37 Å². The van der Waals surface area contributed by atoms with Gasteiger partial charge < -0.3 is 15.2 Å². The van der Waals surface area contributed by atoms with E-state index < -0.39 is 17.2 Å². The van der Waals surface area contributed by atoms with Crippen molar-refractivity contribution in [2.75, 3.05) is 20.4 Å². The van der Waals surface area contributed by atoms with Gasteiger partial charge in [0.1, 0.15) is 11.6 Å². The van der Waals surface area contributed by atoms with Crippen molar-refractivity contribution in [3.8, 4) is 5.75 Å². The third kappa shape index (κ3) is 4.05. The molecule has 2 heterocycles. The molecule has 1 amide bonds. The van der Waals surface area contributed by atoms with Crippen molar-refractivity contribution < 1.29 is 19.0 Å². The van der Waals surface area contributed by atoms with Gasteiger partial charge in [-0.3, -0.25) is 19.1 Å². The molecule has 1 saturated heterocycles. The fourth-order valence-corrected chi connectivity index (χ4v) is 3.37. The van der Waals surface area contributed by atoms with E-state index >= 15 is 0 Å². The normalized spacial score (nSPS) is 17.0. The average Bonchev–Trinajstić information content (AvgIpc) is 3.14. The van der Waals surface area contributed by atoms with Gasteiger partial charge in [0, 0.05) is 27.2 Å². The molecule has 9 heteroatoms. The van der Waals surface area contributed by atoms with Gasteiger partial charge in [-0.05, 0) is 30.5 Å². The lowest BCUT2D eigenvalue weighted by molar-refractivity contribution is 0.0510. The van der Waals surface area contributed by atoms with Crippen LogP contribution in [0.4, 0.5) is 4.39 Å². The number of hydrogen-bond donors (Lipinski definition) is 2. The number of methoxy groups -OCH3 is 1. The number of rotatable bonds is 6. The topological polar surface area (TPSA) is 96.7 Å². The van der Waals surface area contributed by atoms with Crippen LogP contribution in [0.2, 0.25) is 0 Å². The van der Waals surface area contributed by atoms with Gasteiger partial charge in [-0.15, -0.1) is 0 Å². The van der Waals surface area contributed by atoms with E-state index in [9.17, 15) is 19.1 Å². The Morgan fingerprint density at radius 1 is 1.39 bits per heavy atom. The Morgan fingerprint density at radius 3 is 2.79 bits per heavy atom. The van der Waals surface area contributed by atoms with Crippen LogP contribution < -0.4 is 10.9 Å². The first-order valence-electron chi connectivity index (χ1n) is 8.98. The molecule has 1 fully saturated rings. The Balaban J connectivity index is 1.86. The molecule has 2 aromatic rings. The van der Waals surface area contributed by atoms with Gasteiger partial charge in [0.05, 0.1) is 12.8 Å². The van der Waals surface area contributed by atoms with Crippen LogP contribution in [0.3, 0.4) is 0 Å². The summed E-state index contributed by atoms with van der Waals surface area (Å²) in [4.78, 5) is 31.3. The Bertz CT molecular complexity index is 913. The molecule has 1 aliphatic rings. The average molecular weight is 390 g/mol. The fraction of sp³-hybridized carbons (Fsp3) is 0.421. The molecule has 8 nitrogen and oxygen atoms in total. The maximum atomic E-state index is 13.0. The summed E-state index contributed by atoms with van der Waals surface area (Å²) in [5.74, 6) is -1.33. The predicted molar refractivity (Wildman–Crippen MR) is 99.3 cm³/mol. The van der Waals surface area contributed by atoms with E-state index in [4.69, 9.17) is 4.74 Å². The molecule has 0 unspecified atom stereocenters. The van der Waals surface area contributed by atoms with Crippen LogP contribution in [0.15, 0.2) is 29.1 Å². The number of ether oxygens (including phenoxy) is 1. The SMILES string of the molecule is COCN1CCC[C@H]1c1nc(C(=O)NCc2ccc(F)cc2)c(O)c(=O)n1C. The lowest BCUT2D eigenvalue weighted by Gasteiger charge is -2.24. The zero-order valence-corrected chi connectivity index (χ0v) is 15.8. The van der Waals surface area contributed by atoms with Gasteiger partial charge in [-0.2, -0.15) is 0 Å². The molecule has 0 radical (unpaired) electrons. The van der Waals surface area contributed by atoms with Gasteiger partial charge in [0.2, 0.25) is 5.75 Å². The Hall–Kier alpha value is -2.78. The molecule has 1 aliphatic heterocycles. The molecule has 3 rings (SSSR count). The minimum Gasteiger partial charge on any atom is -0.501 e. The number of hydrogen-bond acceptors (Lipinski definition) is 6. The molecule has 1 atom stereocenters. The van der Waals surface area contributed by atoms with Crippen molar-refractivity contribution in [3.05, 3.63) is 57.5 Å². The molecule has 0 bridgehead atoms. The second kappa shape index (κ2) is 8.49. The van der Waals surface area contributed by atoms with Crippen LogP contribution in [-0.2, 0) is 18.3 Å². The monoisotopic (exact) mass is 390 g/mol. The minimum absolute atomic E-state index is 0.115. The van der Waals surface area contributed by atoms with Crippen molar-refractivity contribution in [2.24, 2.45) is 7.05 Å². The lowest BCUT2D eigenvalue weighted by atomic mass is 10.2. The summed E-state index contributed by atoms with van der Waals surface area (Å²) in [6, 6.07) is 5.48. The molecule has 0 aliphatic carbocycles. The molecule has 28 heavy (non-hydrogen) atoms. The number of aromatic hydroxyl groups is 1. The molecule has 150 valence electrons. The van der Waals surface area contributed by atoms with Crippen molar-refractivity contribution in [2.45, 2.75) is 25.4 Å². The van der Waals surface area contributed by atoms with Crippen molar-refractivity contribution in [1.29, 1.82) is 0 Å². The Morgan fingerprint density at radius 2 is 2.11 bits per heavy atom. The minimum atomic E-state index is -0.695. The van der Waals surface area contributed by atoms with Crippen molar-refractivity contribution in [1.82, 2.24) is 19.8 Å². The standard InChI is InChI=1S/C19H23FN4O4/c1-23-17(14-4-3-9-24(14)11-28-2)22-15(16(25)19(23)27)18(26)21-10-12-5-7-13(20)8-6-12/h5-8,14,25H,3-4,9-11H2,1-2H3,(H,21,26)/t14-/m0/s1. The second-order valence-corrected chi connectivity index (χ2v) is 6.73. The second-order valence-electron chi connectivity index (χ2n) is 6.73. The number of likely N-dealkylation sites (tertiary alicyclic amines) is 1. The molecule has 2 N–H and O–H groups in total.